The maximum Gasteiger partial charge on any atom is 0.260 e. The molecule has 0 spiro atoms. The Labute approximate surface area is 249 Å². The maximum absolute atomic E-state index is 13.7. The van der Waals surface area contributed by atoms with Gasteiger partial charge in [0.25, 0.3) is 5.56 Å². The lowest BCUT2D eigenvalue weighted by Crippen LogP contribution is -2.44. The molecule has 5 aromatic rings. The zero-order valence-corrected chi connectivity index (χ0v) is 24.6. The monoisotopic (exact) mass is 581 g/mol. The number of fused-ring (bicyclic) bond motifs is 1. The van der Waals surface area contributed by atoms with Crippen molar-refractivity contribution in [3.63, 3.8) is 0 Å². The number of hydrogen-bond acceptors (Lipinski definition) is 8. The molecule has 0 saturated carbocycles. The summed E-state index contributed by atoms with van der Waals surface area (Å²) in [6.07, 6.45) is 3.47. The number of methoxy groups -OCH3 is 1. The molecule has 0 bridgehead atoms. The number of pyridine rings is 2. The minimum absolute atomic E-state index is 0.160. The van der Waals surface area contributed by atoms with Crippen molar-refractivity contribution in [2.24, 2.45) is 0 Å². The number of halogens is 1. The quantitative estimate of drug-likeness (QED) is 0.262. The number of nitrogens with zero attached hydrogens (tertiary/aromatic N) is 6. The summed E-state index contributed by atoms with van der Waals surface area (Å²) < 4.78 is 6.81. The van der Waals surface area contributed by atoms with E-state index in [4.69, 9.17) is 21.3 Å². The van der Waals surface area contributed by atoms with Crippen LogP contribution in [0.3, 0.4) is 0 Å². The summed E-state index contributed by atoms with van der Waals surface area (Å²) in [7, 11) is 3.73. The van der Waals surface area contributed by atoms with Gasteiger partial charge in [-0.15, -0.1) is 0 Å². The van der Waals surface area contributed by atoms with Crippen molar-refractivity contribution in [1.82, 2.24) is 24.4 Å². The standard InChI is InChI=1S/C32H32ClN7O2/c1-4-40-30-23(20-35-32(37-30)36-24-7-9-25(10-8-24)39-15-13-38(2)14-16-39)17-27(31(40)41)26-11-5-21(18-28(26)33)22-6-12-29(42-3)34-19-22/h5-12,17-20H,4,13-16H2,1-3H3,(H,35,36,37). The van der Waals surface area contributed by atoms with Gasteiger partial charge in [-0.2, -0.15) is 4.98 Å². The molecule has 1 N–H and O–H groups in total. The van der Waals surface area contributed by atoms with Gasteiger partial charge in [-0.25, -0.2) is 9.97 Å². The van der Waals surface area contributed by atoms with Crippen LogP contribution in [0.2, 0.25) is 5.02 Å². The van der Waals surface area contributed by atoms with Crippen molar-refractivity contribution in [3.05, 3.63) is 88.4 Å². The van der Waals surface area contributed by atoms with Crippen molar-refractivity contribution >= 4 is 40.0 Å². The largest absolute Gasteiger partial charge is 0.481 e. The first kappa shape index (κ1) is 27.7. The number of likely N-dealkylation sites (N-methyl/N-ethyl adjacent to an activating group) is 1. The van der Waals surface area contributed by atoms with Crippen molar-refractivity contribution < 1.29 is 4.74 Å². The summed E-state index contributed by atoms with van der Waals surface area (Å²) in [6, 6.07) is 19.5. The summed E-state index contributed by atoms with van der Waals surface area (Å²) in [4.78, 5) is 31.9. The number of hydrogen-bond donors (Lipinski definition) is 1. The third-order valence-electron chi connectivity index (χ3n) is 7.67. The number of aryl methyl sites for hydroxylation is 1. The minimum Gasteiger partial charge on any atom is -0.481 e. The summed E-state index contributed by atoms with van der Waals surface area (Å²) >= 11 is 6.73. The number of ether oxygens (including phenoxy) is 1. The molecule has 1 aliphatic rings. The Balaban J connectivity index is 1.27. The van der Waals surface area contributed by atoms with E-state index in [2.05, 4.69) is 44.3 Å². The molecule has 0 radical (unpaired) electrons. The fourth-order valence-corrected chi connectivity index (χ4v) is 5.52. The predicted octanol–water partition coefficient (Wildman–Crippen LogP) is 5.70. The molecular weight excluding hydrogens is 550 g/mol. The second kappa shape index (κ2) is 11.8. The molecule has 4 heterocycles. The first-order valence-corrected chi connectivity index (χ1v) is 14.3. The van der Waals surface area contributed by atoms with Gasteiger partial charge in [0.1, 0.15) is 5.65 Å². The van der Waals surface area contributed by atoms with Crippen LogP contribution in [0.15, 0.2) is 77.9 Å². The number of rotatable bonds is 7. The molecule has 3 aromatic heterocycles. The first-order valence-electron chi connectivity index (χ1n) is 13.9. The maximum atomic E-state index is 13.7. The highest BCUT2D eigenvalue weighted by atomic mass is 35.5. The highest BCUT2D eigenvalue weighted by Gasteiger charge is 2.17. The summed E-state index contributed by atoms with van der Waals surface area (Å²) in [5.74, 6) is 0.970. The average Bonchev–Trinajstić information content (AvgIpc) is 3.02. The first-order chi connectivity index (χ1) is 20.4. The molecule has 6 rings (SSSR count). The minimum atomic E-state index is -0.160. The van der Waals surface area contributed by atoms with Crippen molar-refractivity contribution in [1.29, 1.82) is 0 Å². The highest BCUT2D eigenvalue weighted by molar-refractivity contribution is 6.33. The summed E-state index contributed by atoms with van der Waals surface area (Å²) in [6.45, 7) is 6.53. The topological polar surface area (TPSA) is 88.4 Å². The van der Waals surface area contributed by atoms with Gasteiger partial charge in [0.15, 0.2) is 0 Å². The van der Waals surface area contributed by atoms with Crippen molar-refractivity contribution in [2.45, 2.75) is 13.5 Å². The number of benzene rings is 2. The molecule has 0 unspecified atom stereocenters. The molecule has 9 nitrogen and oxygen atoms in total. The van der Waals surface area contributed by atoms with E-state index >= 15 is 0 Å². The van der Waals surface area contributed by atoms with Crippen molar-refractivity contribution in [2.75, 3.05) is 50.6 Å². The SMILES string of the molecule is CCn1c(=O)c(-c2ccc(-c3ccc(OC)nc3)cc2Cl)cc2cnc(Nc3ccc(N4CCN(C)CC4)cc3)nc21. The normalized spacial score (nSPS) is 13.9. The zero-order chi connectivity index (χ0) is 29.2. The van der Waals surface area contributed by atoms with Crippen LogP contribution in [-0.2, 0) is 6.54 Å². The molecule has 1 saturated heterocycles. The van der Waals surface area contributed by atoms with Crippen LogP contribution in [-0.4, -0.2) is 64.8 Å². The fraction of sp³-hybridized carbons (Fsp3) is 0.250. The predicted molar refractivity (Wildman–Crippen MR) is 169 cm³/mol. The van der Waals surface area contributed by atoms with Crippen LogP contribution in [0.4, 0.5) is 17.3 Å². The second-order valence-electron chi connectivity index (χ2n) is 10.3. The fourth-order valence-electron chi connectivity index (χ4n) is 5.24. The van der Waals surface area contributed by atoms with Gasteiger partial charge in [0, 0.05) is 89.7 Å². The van der Waals surface area contributed by atoms with E-state index in [-0.39, 0.29) is 5.56 Å². The van der Waals surface area contributed by atoms with Crippen LogP contribution in [0.25, 0.3) is 33.3 Å². The highest BCUT2D eigenvalue weighted by Crippen LogP contribution is 2.32. The molecule has 1 fully saturated rings. The smallest absolute Gasteiger partial charge is 0.260 e. The van der Waals surface area contributed by atoms with Gasteiger partial charge in [0.05, 0.1) is 7.11 Å². The number of nitrogens with one attached hydrogen (secondary N) is 1. The van der Waals surface area contributed by atoms with Gasteiger partial charge in [-0.1, -0.05) is 23.7 Å². The lowest BCUT2D eigenvalue weighted by Gasteiger charge is -2.34. The van der Waals surface area contributed by atoms with E-state index in [0.717, 1.165) is 48.4 Å². The summed E-state index contributed by atoms with van der Waals surface area (Å²) in [5.41, 5.74) is 5.43. The van der Waals surface area contributed by atoms with Crippen molar-refractivity contribution in [3.8, 4) is 28.1 Å². The van der Waals surface area contributed by atoms with Crippen LogP contribution < -0.4 is 20.5 Å². The Morgan fingerprint density at radius 3 is 2.33 bits per heavy atom. The Morgan fingerprint density at radius 1 is 0.905 bits per heavy atom. The number of anilines is 3. The van der Waals surface area contributed by atoms with Crippen LogP contribution in [0, 0.1) is 0 Å². The van der Waals surface area contributed by atoms with Gasteiger partial charge < -0.3 is 19.9 Å². The molecule has 42 heavy (non-hydrogen) atoms. The number of piperazine rings is 1. The lowest BCUT2D eigenvalue weighted by molar-refractivity contribution is 0.313. The molecule has 0 aliphatic carbocycles. The Kier molecular flexibility index (Phi) is 7.78. The van der Waals surface area contributed by atoms with Crippen LogP contribution in [0.5, 0.6) is 5.88 Å². The van der Waals surface area contributed by atoms with E-state index in [0.29, 0.717) is 40.2 Å². The van der Waals surface area contributed by atoms with Gasteiger partial charge in [0.2, 0.25) is 11.8 Å². The number of aromatic nitrogens is 4. The Morgan fingerprint density at radius 2 is 1.67 bits per heavy atom. The van der Waals surface area contributed by atoms with E-state index in [9.17, 15) is 4.79 Å². The molecule has 214 valence electrons. The van der Waals surface area contributed by atoms with Gasteiger partial charge >= 0.3 is 0 Å². The molecular formula is C32H32ClN7O2. The average molecular weight is 582 g/mol. The van der Waals surface area contributed by atoms with E-state index in [1.165, 1.54) is 5.69 Å². The molecule has 10 heteroatoms. The Hall–Kier alpha value is -4.47. The summed E-state index contributed by atoms with van der Waals surface area (Å²) in [5, 5.41) is 4.52. The van der Waals surface area contributed by atoms with Crippen LogP contribution in [0.1, 0.15) is 6.92 Å². The third-order valence-corrected chi connectivity index (χ3v) is 7.99. The Bertz CT molecular complexity index is 1780. The van der Waals surface area contributed by atoms with Gasteiger partial charge in [-0.3, -0.25) is 9.36 Å². The zero-order valence-electron chi connectivity index (χ0n) is 23.8. The molecule has 2 aromatic carbocycles. The molecule has 0 atom stereocenters. The van der Waals surface area contributed by atoms with Gasteiger partial charge in [-0.05, 0) is 62.0 Å². The molecule has 1 aliphatic heterocycles. The lowest BCUT2D eigenvalue weighted by atomic mass is 10.0. The van der Waals surface area contributed by atoms with Crippen LogP contribution >= 0.6 is 11.6 Å². The van der Waals surface area contributed by atoms with E-state index < -0.39 is 0 Å². The van der Waals surface area contributed by atoms with E-state index in [1.807, 2.05) is 49.4 Å². The van der Waals surface area contributed by atoms with E-state index in [1.54, 1.807) is 30.1 Å². The second-order valence-corrected chi connectivity index (χ2v) is 10.7. The molecule has 0 amide bonds. The third kappa shape index (κ3) is 5.53.